The molecule has 0 saturated carbocycles. The van der Waals surface area contributed by atoms with Gasteiger partial charge in [-0.1, -0.05) is 0 Å². The highest BCUT2D eigenvalue weighted by Crippen LogP contribution is 2.27. The van der Waals surface area contributed by atoms with Crippen molar-refractivity contribution in [2.75, 3.05) is 13.7 Å². The van der Waals surface area contributed by atoms with E-state index >= 15 is 0 Å². The largest absolute Gasteiger partial charge is 0.465 e. The van der Waals surface area contributed by atoms with Crippen LogP contribution in [-0.4, -0.2) is 33.1 Å². The molecule has 0 aliphatic heterocycles. The number of thiophene rings is 1. The number of methoxy groups -OCH3 is 1. The zero-order valence-corrected chi connectivity index (χ0v) is 15.9. The fraction of sp³-hybridized carbons (Fsp3) is 0.167. The lowest BCUT2D eigenvalue weighted by molar-refractivity contribution is 0.0600. The number of aliphatic hydroxyl groups excluding tert-OH is 1. The van der Waals surface area contributed by atoms with E-state index in [1.165, 1.54) is 42.7 Å². The van der Waals surface area contributed by atoms with Crippen LogP contribution in [0.4, 0.5) is 0 Å². The maximum atomic E-state index is 12.3. The second-order valence-corrected chi connectivity index (χ2v) is 8.14. The van der Waals surface area contributed by atoms with E-state index in [-0.39, 0.29) is 22.8 Å². The van der Waals surface area contributed by atoms with Crippen molar-refractivity contribution in [1.82, 2.24) is 4.72 Å². The molecule has 3 rings (SSSR count). The highest BCUT2D eigenvalue weighted by molar-refractivity contribution is 7.89. The summed E-state index contributed by atoms with van der Waals surface area (Å²) in [6, 6.07) is 10.5. The Hall–Kier alpha value is -2.46. The Morgan fingerprint density at radius 3 is 2.59 bits per heavy atom. The Balaban J connectivity index is 1.65. The summed E-state index contributed by atoms with van der Waals surface area (Å²) < 4.78 is 37.2. The summed E-state index contributed by atoms with van der Waals surface area (Å²) in [7, 11) is -2.61. The fourth-order valence-corrected chi connectivity index (χ4v) is 4.04. The summed E-state index contributed by atoms with van der Waals surface area (Å²) in [5.41, 5.74) is 1.14. The third-order valence-electron chi connectivity index (χ3n) is 3.81. The number of esters is 1. The first-order valence-corrected chi connectivity index (χ1v) is 10.3. The van der Waals surface area contributed by atoms with Crippen LogP contribution in [0.1, 0.15) is 22.2 Å². The SMILES string of the molecule is COC(=O)c1ccc(S(=O)(=O)NCC(O)c2ccc(-c3ccsc3)o2)cc1. The first-order chi connectivity index (χ1) is 12.9. The van der Waals surface area contributed by atoms with Gasteiger partial charge in [-0.05, 0) is 47.8 Å². The number of hydrogen-bond donors (Lipinski definition) is 2. The minimum atomic E-state index is -3.85. The molecule has 142 valence electrons. The molecular weight excluding hydrogens is 390 g/mol. The van der Waals surface area contributed by atoms with Gasteiger partial charge in [0.25, 0.3) is 0 Å². The van der Waals surface area contributed by atoms with Crippen LogP contribution >= 0.6 is 11.3 Å². The number of rotatable bonds is 7. The molecule has 0 bridgehead atoms. The topological polar surface area (TPSA) is 106 Å². The smallest absolute Gasteiger partial charge is 0.337 e. The molecular formula is C18H17NO6S2. The molecule has 0 amide bonds. The summed E-state index contributed by atoms with van der Waals surface area (Å²) in [6.45, 7) is -0.252. The molecule has 0 fully saturated rings. The van der Waals surface area contributed by atoms with Crippen LogP contribution in [0.15, 0.2) is 62.5 Å². The van der Waals surface area contributed by atoms with Gasteiger partial charge in [0.05, 0.1) is 17.6 Å². The third kappa shape index (κ3) is 4.45. The van der Waals surface area contributed by atoms with Crippen LogP contribution in [-0.2, 0) is 14.8 Å². The van der Waals surface area contributed by atoms with Crippen molar-refractivity contribution >= 4 is 27.3 Å². The van der Waals surface area contributed by atoms with E-state index in [1.807, 2.05) is 16.8 Å². The summed E-state index contributed by atoms with van der Waals surface area (Å²) in [5, 5.41) is 14.0. The molecule has 2 aromatic heterocycles. The number of hydrogen-bond acceptors (Lipinski definition) is 7. The van der Waals surface area contributed by atoms with Crippen molar-refractivity contribution in [2.24, 2.45) is 0 Å². The number of aliphatic hydroxyl groups is 1. The van der Waals surface area contributed by atoms with E-state index < -0.39 is 22.1 Å². The first-order valence-electron chi connectivity index (χ1n) is 7.89. The maximum absolute atomic E-state index is 12.3. The van der Waals surface area contributed by atoms with Gasteiger partial charge in [0, 0.05) is 17.5 Å². The Labute approximate surface area is 160 Å². The van der Waals surface area contributed by atoms with Gasteiger partial charge in [0.15, 0.2) is 0 Å². The van der Waals surface area contributed by atoms with E-state index in [0.29, 0.717) is 5.76 Å². The van der Waals surface area contributed by atoms with E-state index in [2.05, 4.69) is 9.46 Å². The van der Waals surface area contributed by atoms with Gasteiger partial charge in [0.1, 0.15) is 17.6 Å². The van der Waals surface area contributed by atoms with Crippen molar-refractivity contribution in [3.63, 3.8) is 0 Å². The molecule has 0 spiro atoms. The van der Waals surface area contributed by atoms with Crippen LogP contribution in [0.2, 0.25) is 0 Å². The van der Waals surface area contributed by atoms with Crippen LogP contribution < -0.4 is 4.72 Å². The third-order valence-corrected chi connectivity index (χ3v) is 5.94. The predicted octanol–water partition coefficient (Wildman–Crippen LogP) is 2.81. The Morgan fingerprint density at radius 2 is 1.96 bits per heavy atom. The molecule has 2 heterocycles. The monoisotopic (exact) mass is 407 g/mol. The first kappa shape index (κ1) is 19.3. The van der Waals surface area contributed by atoms with Gasteiger partial charge in [0.2, 0.25) is 10.0 Å². The van der Waals surface area contributed by atoms with Crippen molar-refractivity contribution in [1.29, 1.82) is 0 Å². The molecule has 3 aromatic rings. The molecule has 0 saturated heterocycles. The van der Waals surface area contributed by atoms with Crippen molar-refractivity contribution < 1.29 is 27.5 Å². The lowest BCUT2D eigenvalue weighted by atomic mass is 10.2. The molecule has 0 radical (unpaired) electrons. The van der Waals surface area contributed by atoms with Gasteiger partial charge in [-0.15, -0.1) is 0 Å². The van der Waals surface area contributed by atoms with Gasteiger partial charge >= 0.3 is 5.97 Å². The van der Waals surface area contributed by atoms with Crippen molar-refractivity contribution in [3.8, 4) is 11.3 Å². The quantitative estimate of drug-likeness (QED) is 0.584. The number of carbonyl (C=O) groups is 1. The highest BCUT2D eigenvalue weighted by atomic mass is 32.2. The zero-order chi connectivity index (χ0) is 19.4. The molecule has 1 aromatic carbocycles. The summed E-state index contributed by atoms with van der Waals surface area (Å²) in [6.07, 6.45) is -1.14. The molecule has 0 aliphatic carbocycles. The standard InChI is InChI=1S/C18H17NO6S2/c1-24-18(21)12-2-4-14(5-3-12)27(22,23)19-10-15(20)17-7-6-16(25-17)13-8-9-26-11-13/h2-9,11,15,19-20H,10H2,1H3. The number of carbonyl (C=O) groups excluding carboxylic acids is 1. The fourth-order valence-electron chi connectivity index (χ4n) is 2.35. The molecule has 2 N–H and O–H groups in total. The predicted molar refractivity (Wildman–Crippen MR) is 100.0 cm³/mol. The van der Waals surface area contributed by atoms with Gasteiger partial charge in [-0.3, -0.25) is 0 Å². The van der Waals surface area contributed by atoms with E-state index in [1.54, 1.807) is 12.1 Å². The average molecular weight is 407 g/mol. The Bertz CT molecular complexity index is 1010. The number of benzene rings is 1. The second-order valence-electron chi connectivity index (χ2n) is 5.60. The average Bonchev–Trinajstić information content (AvgIpc) is 3.37. The minimum Gasteiger partial charge on any atom is -0.465 e. The molecule has 0 aliphatic rings. The van der Waals surface area contributed by atoms with Crippen LogP contribution in [0, 0.1) is 0 Å². The molecule has 9 heteroatoms. The molecule has 7 nitrogen and oxygen atoms in total. The second kappa shape index (κ2) is 8.05. The lowest BCUT2D eigenvalue weighted by Crippen LogP contribution is -2.28. The summed E-state index contributed by atoms with van der Waals surface area (Å²) >= 11 is 1.52. The molecule has 1 unspecified atom stereocenters. The van der Waals surface area contributed by atoms with Crippen LogP contribution in [0.25, 0.3) is 11.3 Å². The minimum absolute atomic E-state index is 0.0271. The van der Waals surface area contributed by atoms with E-state index in [9.17, 15) is 18.3 Å². The molecule has 1 atom stereocenters. The normalized spacial score (nSPS) is 12.7. The van der Waals surface area contributed by atoms with Gasteiger partial charge in [-0.25, -0.2) is 17.9 Å². The van der Waals surface area contributed by atoms with Crippen molar-refractivity contribution in [2.45, 2.75) is 11.0 Å². The Morgan fingerprint density at radius 1 is 1.22 bits per heavy atom. The maximum Gasteiger partial charge on any atom is 0.337 e. The summed E-state index contributed by atoms with van der Waals surface area (Å²) in [5.74, 6) is 0.313. The van der Waals surface area contributed by atoms with Crippen molar-refractivity contribution in [3.05, 3.63) is 64.5 Å². The number of sulfonamides is 1. The lowest BCUT2D eigenvalue weighted by Gasteiger charge is -2.11. The van der Waals surface area contributed by atoms with Gasteiger partial charge in [-0.2, -0.15) is 11.3 Å². The van der Waals surface area contributed by atoms with Crippen LogP contribution in [0.5, 0.6) is 0 Å². The van der Waals surface area contributed by atoms with E-state index in [0.717, 1.165) is 5.56 Å². The van der Waals surface area contributed by atoms with Crippen LogP contribution in [0.3, 0.4) is 0 Å². The van der Waals surface area contributed by atoms with E-state index in [4.69, 9.17) is 4.42 Å². The number of nitrogens with one attached hydrogen (secondary N) is 1. The molecule has 27 heavy (non-hydrogen) atoms. The van der Waals surface area contributed by atoms with Gasteiger partial charge < -0.3 is 14.3 Å². The highest BCUT2D eigenvalue weighted by Gasteiger charge is 2.19. The summed E-state index contributed by atoms with van der Waals surface area (Å²) in [4.78, 5) is 11.4. The zero-order valence-electron chi connectivity index (χ0n) is 14.3. The number of furan rings is 1. The Kier molecular flexibility index (Phi) is 5.76. The number of ether oxygens (including phenoxy) is 1.